The predicted octanol–water partition coefficient (Wildman–Crippen LogP) is 0.207. The average Bonchev–Trinajstić information content (AvgIpc) is 2.98. The molecule has 1 atom stereocenters. The number of hydrogen-bond acceptors (Lipinski definition) is 6. The minimum absolute atomic E-state index is 0.223. The van der Waals surface area contributed by atoms with E-state index >= 15 is 0 Å². The number of nitro groups is 1. The van der Waals surface area contributed by atoms with Crippen LogP contribution in [-0.2, 0) is 4.84 Å². The van der Waals surface area contributed by atoms with Crippen molar-refractivity contribution in [3.8, 4) is 0 Å². The fourth-order valence-corrected chi connectivity index (χ4v) is 1.98. The van der Waals surface area contributed by atoms with Crippen molar-refractivity contribution in [2.45, 2.75) is 19.0 Å². The third-order valence-corrected chi connectivity index (χ3v) is 2.90. The van der Waals surface area contributed by atoms with Crippen LogP contribution in [0.2, 0.25) is 0 Å². The van der Waals surface area contributed by atoms with Crippen LogP contribution in [0.25, 0.3) is 0 Å². The van der Waals surface area contributed by atoms with E-state index in [0.29, 0.717) is 13.2 Å². The molecule has 0 saturated heterocycles. The molecule has 2 rings (SSSR count). The first-order chi connectivity index (χ1) is 8.77. The Labute approximate surface area is 106 Å². The van der Waals surface area contributed by atoms with E-state index in [9.17, 15) is 10.1 Å². The second kappa shape index (κ2) is 6.48. The molecule has 0 bridgehead atoms. The summed E-state index contributed by atoms with van der Waals surface area (Å²) in [5, 5.41) is 18.7. The lowest BCUT2D eigenvalue weighted by Gasteiger charge is -2.15. The molecule has 0 aromatic heterocycles. The Morgan fingerprint density at radius 1 is 1.61 bits per heavy atom. The minimum atomic E-state index is -0.333. The average molecular weight is 254 g/mol. The molecule has 2 aliphatic rings. The molecule has 1 unspecified atom stereocenters. The summed E-state index contributed by atoms with van der Waals surface area (Å²) in [4.78, 5) is 15.6. The minimum Gasteiger partial charge on any atom is -0.293 e. The molecule has 0 aliphatic carbocycles. The molecule has 0 spiro atoms. The number of nitrogens with one attached hydrogen (secondary N) is 2. The summed E-state index contributed by atoms with van der Waals surface area (Å²) in [6, 6.07) is 0. The fourth-order valence-electron chi connectivity index (χ4n) is 1.98. The molecule has 7 heteroatoms. The number of unbranched alkanes of at least 4 members (excludes halogenated alkanes) is 1. The number of rotatable bonds is 7. The molecule has 0 fully saturated rings. The van der Waals surface area contributed by atoms with Gasteiger partial charge in [-0.1, -0.05) is 0 Å². The van der Waals surface area contributed by atoms with Gasteiger partial charge in [0, 0.05) is 25.4 Å². The van der Waals surface area contributed by atoms with Crippen molar-refractivity contribution in [2.75, 3.05) is 26.2 Å². The van der Waals surface area contributed by atoms with E-state index < -0.39 is 0 Å². The molecule has 0 radical (unpaired) electrons. The van der Waals surface area contributed by atoms with Gasteiger partial charge in [-0.25, -0.2) is 0 Å². The van der Waals surface area contributed by atoms with Crippen LogP contribution in [0.1, 0.15) is 12.8 Å². The van der Waals surface area contributed by atoms with Crippen LogP contribution in [0, 0.1) is 10.1 Å². The monoisotopic (exact) mass is 254 g/mol. The molecule has 2 N–H and O–H groups in total. The van der Waals surface area contributed by atoms with Crippen molar-refractivity contribution in [1.82, 2.24) is 15.7 Å². The Hall–Kier alpha value is -1.44. The summed E-state index contributed by atoms with van der Waals surface area (Å²) >= 11 is 0. The Morgan fingerprint density at radius 3 is 3.22 bits per heavy atom. The molecule has 0 aromatic carbocycles. The van der Waals surface area contributed by atoms with Gasteiger partial charge in [0.25, 0.3) is 5.70 Å². The van der Waals surface area contributed by atoms with Crippen molar-refractivity contribution in [1.29, 1.82) is 0 Å². The Bertz CT molecular complexity index is 356. The molecule has 0 aromatic rings. The SMILES string of the molecule is O=[N+]([O-])C1=CCNC1NCCCCN1C=CCO1. The van der Waals surface area contributed by atoms with Gasteiger partial charge in [-0.2, -0.15) is 0 Å². The molecule has 100 valence electrons. The maximum absolute atomic E-state index is 10.7. The number of hydroxylamine groups is 2. The standard InChI is InChI=1S/C11H18N4O3/c16-15(17)10-4-6-13-11(10)12-5-1-2-7-14-8-3-9-18-14/h3-4,8,11-13H,1-2,5-7,9H2. The van der Waals surface area contributed by atoms with E-state index in [1.165, 1.54) is 0 Å². The topological polar surface area (TPSA) is 79.7 Å². The zero-order valence-electron chi connectivity index (χ0n) is 10.2. The first-order valence-electron chi connectivity index (χ1n) is 6.15. The van der Waals surface area contributed by atoms with Gasteiger partial charge in [-0.05, 0) is 25.5 Å². The van der Waals surface area contributed by atoms with Gasteiger partial charge in [0.2, 0.25) is 0 Å². The van der Waals surface area contributed by atoms with E-state index in [4.69, 9.17) is 4.84 Å². The van der Waals surface area contributed by atoms with E-state index in [2.05, 4.69) is 10.6 Å². The van der Waals surface area contributed by atoms with Crippen LogP contribution in [0.5, 0.6) is 0 Å². The molecule has 7 nitrogen and oxygen atoms in total. The predicted molar refractivity (Wildman–Crippen MR) is 65.9 cm³/mol. The van der Waals surface area contributed by atoms with Crippen molar-refractivity contribution in [3.63, 3.8) is 0 Å². The lowest BCUT2D eigenvalue weighted by atomic mass is 10.3. The van der Waals surface area contributed by atoms with Gasteiger partial charge >= 0.3 is 0 Å². The van der Waals surface area contributed by atoms with Crippen LogP contribution in [0.4, 0.5) is 0 Å². The Balaban J connectivity index is 1.56. The smallest absolute Gasteiger partial charge is 0.274 e. The molecular weight excluding hydrogens is 236 g/mol. The molecular formula is C11H18N4O3. The number of hydrogen-bond donors (Lipinski definition) is 2. The number of nitrogens with zero attached hydrogens (tertiary/aromatic N) is 2. The van der Waals surface area contributed by atoms with Gasteiger partial charge in [0.15, 0.2) is 6.17 Å². The second-order valence-electron chi connectivity index (χ2n) is 4.21. The lowest BCUT2D eigenvalue weighted by molar-refractivity contribution is -0.429. The highest BCUT2D eigenvalue weighted by atomic mass is 16.7. The molecule has 0 amide bonds. The van der Waals surface area contributed by atoms with Crippen molar-refractivity contribution in [3.05, 3.63) is 34.2 Å². The fraction of sp³-hybridized carbons (Fsp3) is 0.636. The van der Waals surface area contributed by atoms with Gasteiger partial charge in [-0.15, -0.1) is 0 Å². The van der Waals surface area contributed by atoms with Crippen LogP contribution in [0.3, 0.4) is 0 Å². The summed E-state index contributed by atoms with van der Waals surface area (Å²) in [5.74, 6) is 0. The highest BCUT2D eigenvalue weighted by Crippen LogP contribution is 2.07. The maximum Gasteiger partial charge on any atom is 0.274 e. The van der Waals surface area contributed by atoms with E-state index in [1.54, 1.807) is 6.08 Å². The first kappa shape index (κ1) is 13.0. The summed E-state index contributed by atoms with van der Waals surface area (Å²) in [7, 11) is 0. The van der Waals surface area contributed by atoms with Crippen LogP contribution in [-0.4, -0.2) is 42.4 Å². The van der Waals surface area contributed by atoms with Crippen molar-refractivity contribution < 1.29 is 9.76 Å². The Kier molecular flexibility index (Phi) is 4.68. The summed E-state index contributed by atoms with van der Waals surface area (Å²) in [5.41, 5.74) is 0.223. The zero-order chi connectivity index (χ0) is 12.8. The molecule has 2 heterocycles. The van der Waals surface area contributed by atoms with Crippen LogP contribution >= 0.6 is 0 Å². The highest BCUT2D eigenvalue weighted by molar-refractivity contribution is 5.08. The third-order valence-electron chi connectivity index (χ3n) is 2.90. The largest absolute Gasteiger partial charge is 0.293 e. The van der Waals surface area contributed by atoms with Gasteiger partial charge in [0.05, 0.1) is 11.5 Å². The van der Waals surface area contributed by atoms with Gasteiger partial charge < -0.3 is 0 Å². The van der Waals surface area contributed by atoms with Crippen LogP contribution < -0.4 is 10.6 Å². The molecule has 0 saturated carbocycles. The van der Waals surface area contributed by atoms with E-state index in [-0.39, 0.29) is 16.8 Å². The third kappa shape index (κ3) is 3.52. The second-order valence-corrected chi connectivity index (χ2v) is 4.21. The van der Waals surface area contributed by atoms with E-state index in [1.807, 2.05) is 17.3 Å². The Morgan fingerprint density at radius 2 is 2.50 bits per heavy atom. The summed E-state index contributed by atoms with van der Waals surface area (Å²) in [6.45, 7) is 2.82. The first-order valence-corrected chi connectivity index (χ1v) is 6.15. The lowest BCUT2D eigenvalue weighted by Crippen LogP contribution is -2.42. The summed E-state index contributed by atoms with van der Waals surface area (Å²) < 4.78 is 0. The van der Waals surface area contributed by atoms with Gasteiger partial charge in [0.1, 0.15) is 0 Å². The highest BCUT2D eigenvalue weighted by Gasteiger charge is 2.27. The van der Waals surface area contributed by atoms with Crippen molar-refractivity contribution in [2.24, 2.45) is 0 Å². The summed E-state index contributed by atoms with van der Waals surface area (Å²) in [6.07, 6.45) is 7.14. The normalized spacial score (nSPS) is 22.6. The maximum atomic E-state index is 10.7. The molecule has 18 heavy (non-hydrogen) atoms. The van der Waals surface area contributed by atoms with E-state index in [0.717, 1.165) is 25.9 Å². The zero-order valence-corrected chi connectivity index (χ0v) is 10.2. The quantitative estimate of drug-likeness (QED) is 0.384. The van der Waals surface area contributed by atoms with Crippen LogP contribution in [0.15, 0.2) is 24.0 Å². The molecule has 2 aliphatic heterocycles. The van der Waals surface area contributed by atoms with Crippen molar-refractivity contribution >= 4 is 0 Å². The van der Waals surface area contributed by atoms with Gasteiger partial charge in [-0.3, -0.25) is 30.6 Å².